The van der Waals surface area contributed by atoms with E-state index in [-0.39, 0.29) is 17.7 Å². The van der Waals surface area contributed by atoms with Gasteiger partial charge in [-0.15, -0.1) is 0 Å². The van der Waals surface area contributed by atoms with Crippen LogP contribution in [-0.4, -0.2) is 51.1 Å². The van der Waals surface area contributed by atoms with Crippen LogP contribution in [0.3, 0.4) is 0 Å². The molecule has 0 bridgehead atoms. The Morgan fingerprint density at radius 3 is 2.52 bits per heavy atom. The Morgan fingerprint density at radius 2 is 1.85 bits per heavy atom. The molecule has 0 radical (unpaired) electrons. The molecule has 0 unspecified atom stereocenters. The third-order valence-electron chi connectivity index (χ3n) is 5.58. The highest BCUT2D eigenvalue weighted by molar-refractivity contribution is 7.99. The quantitative estimate of drug-likeness (QED) is 0.535. The average Bonchev–Trinajstić information content (AvgIpc) is 3.27. The number of benzene rings is 2. The van der Waals surface area contributed by atoms with Crippen LogP contribution in [0.5, 0.6) is 0 Å². The molecule has 4 rings (SSSR count). The van der Waals surface area contributed by atoms with Crippen molar-refractivity contribution < 1.29 is 9.59 Å². The Hall–Kier alpha value is -2.77. The fraction of sp³-hybridized carbons (Fsp3) is 0.320. The highest BCUT2D eigenvalue weighted by Gasteiger charge is 2.21. The van der Waals surface area contributed by atoms with Gasteiger partial charge >= 0.3 is 0 Å². The first-order valence-electron chi connectivity index (χ1n) is 11.0. The molecule has 1 aliphatic rings. The summed E-state index contributed by atoms with van der Waals surface area (Å²) >= 11 is 8.03. The third kappa shape index (κ3) is 5.60. The Labute approximate surface area is 203 Å². The molecule has 1 saturated heterocycles. The average molecular weight is 483 g/mol. The van der Waals surface area contributed by atoms with Gasteiger partial charge in [-0.3, -0.25) is 9.59 Å². The van der Waals surface area contributed by atoms with Crippen LogP contribution >= 0.6 is 23.4 Å². The summed E-state index contributed by atoms with van der Waals surface area (Å²) in [6.07, 6.45) is 1.97. The molecule has 3 aromatic rings. The number of nitrogens with one attached hydrogen (secondary N) is 1. The maximum Gasteiger partial charge on any atom is 0.259 e. The highest BCUT2D eigenvalue weighted by Crippen LogP contribution is 2.25. The lowest BCUT2D eigenvalue weighted by Crippen LogP contribution is -2.38. The highest BCUT2D eigenvalue weighted by atomic mass is 35.5. The van der Waals surface area contributed by atoms with Crippen molar-refractivity contribution in [3.8, 4) is 5.69 Å². The van der Waals surface area contributed by atoms with Gasteiger partial charge in [0.05, 0.1) is 29.6 Å². The smallest absolute Gasteiger partial charge is 0.259 e. The number of hydrogen-bond donors (Lipinski definition) is 1. The first-order valence-corrected chi connectivity index (χ1v) is 12.6. The maximum absolute atomic E-state index is 13.1. The van der Waals surface area contributed by atoms with E-state index < -0.39 is 0 Å². The van der Waals surface area contributed by atoms with Gasteiger partial charge in [-0.2, -0.15) is 16.9 Å². The van der Waals surface area contributed by atoms with Crippen molar-refractivity contribution in [1.82, 2.24) is 14.7 Å². The van der Waals surface area contributed by atoms with Gasteiger partial charge in [0.2, 0.25) is 5.91 Å². The molecule has 1 fully saturated rings. The van der Waals surface area contributed by atoms with Crippen LogP contribution in [0.1, 0.15) is 41.4 Å². The van der Waals surface area contributed by atoms with E-state index in [0.29, 0.717) is 22.7 Å². The minimum atomic E-state index is -0.221. The topological polar surface area (TPSA) is 67.2 Å². The number of nitrogens with zero attached hydrogens (tertiary/aromatic N) is 3. The normalized spacial score (nSPS) is 13.9. The van der Waals surface area contributed by atoms with E-state index in [4.69, 9.17) is 11.6 Å². The van der Waals surface area contributed by atoms with E-state index in [1.165, 1.54) is 0 Å². The van der Waals surface area contributed by atoms with Crippen molar-refractivity contribution in [3.05, 3.63) is 76.6 Å². The van der Waals surface area contributed by atoms with Crippen LogP contribution in [0.2, 0.25) is 5.02 Å². The van der Waals surface area contributed by atoms with Gasteiger partial charge in [0.15, 0.2) is 0 Å². The molecule has 1 N–H and O–H groups in total. The number of aromatic nitrogens is 2. The predicted octanol–water partition coefficient (Wildman–Crippen LogP) is 5.02. The molecule has 1 aromatic heterocycles. The van der Waals surface area contributed by atoms with E-state index in [1.807, 2.05) is 73.0 Å². The first kappa shape index (κ1) is 23.4. The molecule has 8 heteroatoms. The van der Waals surface area contributed by atoms with Gasteiger partial charge in [0.1, 0.15) is 0 Å². The Kier molecular flexibility index (Phi) is 7.40. The van der Waals surface area contributed by atoms with Gasteiger partial charge < -0.3 is 10.2 Å². The number of rotatable bonds is 6. The molecule has 0 aliphatic carbocycles. The fourth-order valence-corrected chi connectivity index (χ4v) is 4.99. The lowest BCUT2D eigenvalue weighted by molar-refractivity contribution is -0.130. The molecular formula is C25H27ClN4O2S. The van der Waals surface area contributed by atoms with Gasteiger partial charge in [0, 0.05) is 35.3 Å². The van der Waals surface area contributed by atoms with Crippen LogP contribution in [0.25, 0.3) is 5.69 Å². The van der Waals surface area contributed by atoms with Crippen LogP contribution in [0, 0.1) is 0 Å². The fourth-order valence-electron chi connectivity index (χ4n) is 3.91. The van der Waals surface area contributed by atoms with Crippen molar-refractivity contribution in [3.63, 3.8) is 0 Å². The number of anilines is 1. The summed E-state index contributed by atoms with van der Waals surface area (Å²) in [4.78, 5) is 27.5. The minimum Gasteiger partial charge on any atom is -0.341 e. The maximum atomic E-state index is 13.1. The standard InChI is InChI=1S/C25H27ClN4O2S/c1-17(2)24-22(16-27-30(24)21-5-3-4-19(26)15-21)25(32)28-20-8-6-18(7-9-20)14-23(31)29-10-12-33-13-11-29/h3-9,15-17H,10-14H2,1-2H3,(H,28,32). The van der Waals surface area contributed by atoms with Gasteiger partial charge in [-0.05, 0) is 41.8 Å². The van der Waals surface area contributed by atoms with E-state index in [1.54, 1.807) is 16.9 Å². The molecule has 2 heterocycles. The molecule has 0 spiro atoms. The van der Waals surface area contributed by atoms with Crippen LogP contribution in [-0.2, 0) is 11.2 Å². The minimum absolute atomic E-state index is 0.0776. The summed E-state index contributed by atoms with van der Waals surface area (Å²) in [5.41, 5.74) is 3.76. The molecule has 2 aromatic carbocycles. The molecule has 0 atom stereocenters. The van der Waals surface area contributed by atoms with Gasteiger partial charge in [-0.1, -0.05) is 43.6 Å². The lowest BCUT2D eigenvalue weighted by Gasteiger charge is -2.26. The third-order valence-corrected chi connectivity index (χ3v) is 6.76. The van der Waals surface area contributed by atoms with Crippen LogP contribution in [0.4, 0.5) is 5.69 Å². The Bertz CT molecular complexity index is 1140. The molecule has 1 aliphatic heterocycles. The zero-order valence-electron chi connectivity index (χ0n) is 18.8. The Balaban J connectivity index is 1.46. The molecule has 6 nitrogen and oxygen atoms in total. The second kappa shape index (κ2) is 10.4. The number of amides is 2. The number of halogens is 1. The summed E-state index contributed by atoms with van der Waals surface area (Å²) in [5.74, 6) is 2.02. The molecule has 33 heavy (non-hydrogen) atoms. The molecule has 0 saturated carbocycles. The van der Waals surface area contributed by atoms with Gasteiger partial charge in [0.25, 0.3) is 5.91 Å². The van der Waals surface area contributed by atoms with E-state index in [2.05, 4.69) is 10.4 Å². The van der Waals surface area contributed by atoms with Crippen molar-refractivity contribution in [2.45, 2.75) is 26.2 Å². The van der Waals surface area contributed by atoms with E-state index in [9.17, 15) is 9.59 Å². The summed E-state index contributed by atoms with van der Waals surface area (Å²) in [5, 5.41) is 8.03. The van der Waals surface area contributed by atoms with Gasteiger partial charge in [-0.25, -0.2) is 4.68 Å². The summed E-state index contributed by atoms with van der Waals surface area (Å²) in [6.45, 7) is 5.70. The Morgan fingerprint density at radius 1 is 1.12 bits per heavy atom. The van der Waals surface area contributed by atoms with Crippen molar-refractivity contribution >= 4 is 40.9 Å². The number of carbonyl (C=O) groups is 2. The number of carbonyl (C=O) groups excluding carboxylic acids is 2. The second-order valence-electron chi connectivity index (χ2n) is 8.31. The van der Waals surface area contributed by atoms with Crippen molar-refractivity contribution in [2.24, 2.45) is 0 Å². The van der Waals surface area contributed by atoms with Crippen molar-refractivity contribution in [1.29, 1.82) is 0 Å². The monoisotopic (exact) mass is 482 g/mol. The second-order valence-corrected chi connectivity index (χ2v) is 9.97. The number of thioether (sulfide) groups is 1. The lowest BCUT2D eigenvalue weighted by atomic mass is 10.0. The SMILES string of the molecule is CC(C)c1c(C(=O)Nc2ccc(CC(=O)N3CCSCC3)cc2)cnn1-c1cccc(Cl)c1. The zero-order valence-corrected chi connectivity index (χ0v) is 20.3. The molecular weight excluding hydrogens is 456 g/mol. The largest absolute Gasteiger partial charge is 0.341 e. The van der Waals surface area contributed by atoms with E-state index >= 15 is 0 Å². The summed E-state index contributed by atoms with van der Waals surface area (Å²) < 4.78 is 1.76. The van der Waals surface area contributed by atoms with E-state index in [0.717, 1.165) is 41.5 Å². The zero-order chi connectivity index (χ0) is 23.4. The number of hydrogen-bond acceptors (Lipinski definition) is 4. The first-order chi connectivity index (χ1) is 15.9. The predicted molar refractivity (Wildman–Crippen MR) is 135 cm³/mol. The molecule has 2 amide bonds. The summed E-state index contributed by atoms with van der Waals surface area (Å²) in [6, 6.07) is 14.9. The van der Waals surface area contributed by atoms with Crippen LogP contribution in [0.15, 0.2) is 54.7 Å². The van der Waals surface area contributed by atoms with Crippen molar-refractivity contribution in [2.75, 3.05) is 29.9 Å². The molecule has 172 valence electrons. The summed E-state index contributed by atoms with van der Waals surface area (Å²) in [7, 11) is 0. The van der Waals surface area contributed by atoms with Crippen LogP contribution < -0.4 is 5.32 Å².